The van der Waals surface area contributed by atoms with Crippen LogP contribution >= 0.6 is 67.1 Å². The van der Waals surface area contributed by atoms with Crippen LogP contribution < -0.4 is 25.4 Å². The molecule has 3 aromatic heterocycles. The summed E-state index contributed by atoms with van der Waals surface area (Å²) in [6, 6.07) is 41.3. The molecule has 75 heavy (non-hydrogen) atoms. The van der Waals surface area contributed by atoms with Crippen LogP contribution in [-0.4, -0.2) is 54.4 Å². The first-order chi connectivity index (χ1) is 36.6. The number of carbonyl (C=O) groups is 3. The standard InChI is InChI=1S/C19H15Br2N3OS.C19H15N3O3S.C18H15N3OS/c1-12-16(20)8-15(9-17(12)21)24-19(25)14-4-2-3-13(7-14)11-26-18-10-22-5-6-23-18;23-19(22-15-4-5-16-17(9-15)25-12-24-16)14-3-1-2-13(8-14)11-26-18-10-20-6-7-21-18;22-18(21-16-7-2-1-3-8-16)15-6-4-5-14(11-15)13-23-17-12-19-9-10-20-17/h2-10H,11H2,1H3,(H,24,25);1-10H,11-12H2,(H,22,23);1-12H,13H2,(H,21,22). The average Bonchev–Trinajstić information content (AvgIpc) is 3.93. The van der Waals surface area contributed by atoms with E-state index in [0.29, 0.717) is 39.6 Å². The van der Waals surface area contributed by atoms with Crippen LogP contribution in [0.2, 0.25) is 0 Å². The van der Waals surface area contributed by atoms with Crippen LogP contribution in [0.15, 0.2) is 213 Å². The third-order valence-electron chi connectivity index (χ3n) is 10.5. The predicted octanol–water partition coefficient (Wildman–Crippen LogP) is 13.6. The van der Waals surface area contributed by atoms with Crippen molar-refractivity contribution in [1.82, 2.24) is 29.9 Å². The van der Waals surface area contributed by atoms with Gasteiger partial charge in [-0.25, -0.2) is 15.0 Å². The van der Waals surface area contributed by atoms with Gasteiger partial charge in [0.2, 0.25) is 6.79 Å². The molecule has 6 aromatic carbocycles. The zero-order valence-electron chi connectivity index (χ0n) is 39.9. The third-order valence-corrected chi connectivity index (χ3v) is 15.1. The molecule has 0 saturated carbocycles. The SMILES string of the molecule is Cc1c(Br)cc(NC(=O)c2cccc(CSc3cnccn3)c2)cc1Br.O=C(Nc1ccc2c(c1)OCO2)c1cccc(CSc2cnccn2)c1.O=C(Nc1ccccc1)c1cccc(CSc2cnccn2)c1. The van der Waals surface area contributed by atoms with Crippen LogP contribution in [0.4, 0.5) is 17.1 Å². The number of thioether (sulfide) groups is 3. The van der Waals surface area contributed by atoms with Crippen LogP contribution in [0, 0.1) is 6.92 Å². The van der Waals surface area contributed by atoms with Gasteiger partial charge in [-0.2, -0.15) is 0 Å². The number of amides is 3. The van der Waals surface area contributed by atoms with Gasteiger partial charge in [-0.05, 0) is 102 Å². The molecular formula is C56H45Br2N9O5S3. The third kappa shape index (κ3) is 16.8. The molecule has 3 N–H and O–H groups in total. The van der Waals surface area contributed by atoms with Gasteiger partial charge in [-0.1, -0.05) is 86.5 Å². The minimum atomic E-state index is -0.171. The molecule has 0 radical (unpaired) electrons. The van der Waals surface area contributed by atoms with Gasteiger partial charge in [0.05, 0.1) is 18.6 Å². The van der Waals surface area contributed by atoms with E-state index in [1.807, 2.05) is 116 Å². The van der Waals surface area contributed by atoms with E-state index < -0.39 is 0 Å². The number of para-hydroxylation sites is 1. The number of halogens is 2. The van der Waals surface area contributed by atoms with Crippen molar-refractivity contribution in [3.63, 3.8) is 0 Å². The normalized spacial score (nSPS) is 11.0. The Kier molecular flexibility index (Phi) is 19.9. The highest BCUT2D eigenvalue weighted by atomic mass is 79.9. The number of aromatic nitrogens is 6. The van der Waals surface area contributed by atoms with Crippen molar-refractivity contribution in [1.29, 1.82) is 0 Å². The van der Waals surface area contributed by atoms with Crippen molar-refractivity contribution in [3.05, 3.63) is 237 Å². The summed E-state index contributed by atoms with van der Waals surface area (Å²) in [6.45, 7) is 2.20. The molecule has 0 bridgehead atoms. The lowest BCUT2D eigenvalue weighted by Gasteiger charge is -2.10. The summed E-state index contributed by atoms with van der Waals surface area (Å²) in [6.07, 6.45) is 15.1. The minimum absolute atomic E-state index is 0.109. The van der Waals surface area contributed by atoms with E-state index >= 15 is 0 Å². The van der Waals surface area contributed by atoms with Crippen LogP contribution in [-0.2, 0) is 17.3 Å². The first-order valence-electron chi connectivity index (χ1n) is 22.9. The molecular weight excluding hydrogens is 1130 g/mol. The van der Waals surface area contributed by atoms with E-state index in [1.54, 1.807) is 115 Å². The maximum atomic E-state index is 12.6. The fourth-order valence-corrected chi connectivity index (χ4v) is 10.3. The summed E-state index contributed by atoms with van der Waals surface area (Å²) in [5.74, 6) is 3.08. The van der Waals surface area contributed by atoms with Crippen molar-refractivity contribution in [3.8, 4) is 11.5 Å². The minimum Gasteiger partial charge on any atom is -0.454 e. The van der Waals surface area contributed by atoms with Gasteiger partial charge in [-0.3, -0.25) is 29.3 Å². The van der Waals surface area contributed by atoms with Gasteiger partial charge in [0.15, 0.2) is 11.5 Å². The summed E-state index contributed by atoms with van der Waals surface area (Å²) in [4.78, 5) is 62.3. The lowest BCUT2D eigenvalue weighted by molar-refractivity contribution is 0.101. The second-order valence-corrected chi connectivity index (χ2v) is 20.7. The number of carbonyl (C=O) groups excluding carboxylic acids is 3. The lowest BCUT2D eigenvalue weighted by Crippen LogP contribution is -2.12. The quantitative estimate of drug-likeness (QED) is 0.0824. The van der Waals surface area contributed by atoms with Crippen molar-refractivity contribution in [2.45, 2.75) is 39.3 Å². The first kappa shape index (κ1) is 53.9. The molecule has 10 rings (SSSR count). The van der Waals surface area contributed by atoms with Gasteiger partial charge in [0.1, 0.15) is 15.1 Å². The van der Waals surface area contributed by atoms with Crippen LogP contribution in [0.25, 0.3) is 0 Å². The van der Waals surface area contributed by atoms with Crippen molar-refractivity contribution >= 4 is 102 Å². The van der Waals surface area contributed by atoms with E-state index in [9.17, 15) is 14.4 Å². The van der Waals surface area contributed by atoms with E-state index in [1.165, 1.54) is 0 Å². The number of hydrogen-bond donors (Lipinski definition) is 3. The van der Waals surface area contributed by atoms with E-state index in [-0.39, 0.29) is 24.5 Å². The summed E-state index contributed by atoms with van der Waals surface area (Å²) >= 11 is 11.8. The Balaban J connectivity index is 0.000000150. The maximum absolute atomic E-state index is 12.6. The maximum Gasteiger partial charge on any atom is 0.255 e. The van der Waals surface area contributed by atoms with E-state index in [2.05, 4.69) is 77.7 Å². The highest BCUT2D eigenvalue weighted by Gasteiger charge is 2.16. The molecule has 0 aliphatic carbocycles. The molecule has 1 aliphatic rings. The van der Waals surface area contributed by atoms with Crippen molar-refractivity contribution in [2.24, 2.45) is 0 Å². The number of nitrogens with zero attached hydrogens (tertiary/aromatic N) is 6. The Labute approximate surface area is 463 Å². The van der Waals surface area contributed by atoms with Gasteiger partial charge in [0.25, 0.3) is 17.7 Å². The topological polar surface area (TPSA) is 183 Å². The molecule has 19 heteroatoms. The number of fused-ring (bicyclic) bond motifs is 1. The Morgan fingerprint density at radius 1 is 0.467 bits per heavy atom. The van der Waals surface area contributed by atoms with E-state index in [0.717, 1.165) is 69.2 Å². The van der Waals surface area contributed by atoms with Gasteiger partial charge in [0, 0.05) is 103 Å². The molecule has 0 fully saturated rings. The number of anilines is 3. The van der Waals surface area contributed by atoms with Gasteiger partial charge >= 0.3 is 0 Å². The Morgan fingerprint density at radius 3 is 1.33 bits per heavy atom. The van der Waals surface area contributed by atoms with Crippen LogP contribution in [0.3, 0.4) is 0 Å². The zero-order chi connectivity index (χ0) is 52.2. The molecule has 0 unspecified atom stereocenters. The summed E-state index contributed by atoms with van der Waals surface area (Å²) in [5.41, 5.74) is 8.31. The fourth-order valence-electron chi connectivity index (χ4n) is 6.78. The number of rotatable bonds is 15. The number of benzene rings is 6. The summed E-state index contributed by atoms with van der Waals surface area (Å²) < 4.78 is 12.5. The first-order valence-corrected chi connectivity index (χ1v) is 27.4. The monoisotopic (exact) mass is 1180 g/mol. The number of hydrogen-bond acceptors (Lipinski definition) is 14. The lowest BCUT2D eigenvalue weighted by atomic mass is 10.1. The second-order valence-electron chi connectivity index (χ2n) is 16.0. The molecule has 376 valence electrons. The van der Waals surface area contributed by atoms with E-state index in [4.69, 9.17) is 9.47 Å². The van der Waals surface area contributed by atoms with Crippen LogP contribution in [0.1, 0.15) is 53.3 Å². The Hall–Kier alpha value is -7.42. The molecule has 14 nitrogen and oxygen atoms in total. The highest BCUT2D eigenvalue weighted by molar-refractivity contribution is 9.11. The molecule has 0 atom stereocenters. The highest BCUT2D eigenvalue weighted by Crippen LogP contribution is 2.35. The smallest absolute Gasteiger partial charge is 0.255 e. The van der Waals surface area contributed by atoms with Crippen LogP contribution in [0.5, 0.6) is 11.5 Å². The van der Waals surface area contributed by atoms with Crippen molar-refractivity contribution in [2.75, 3.05) is 22.7 Å². The van der Waals surface area contributed by atoms with Gasteiger partial charge < -0.3 is 25.4 Å². The summed E-state index contributed by atoms with van der Waals surface area (Å²) in [5, 5.41) is 11.3. The number of ether oxygens (including phenoxy) is 2. The molecule has 0 saturated heterocycles. The van der Waals surface area contributed by atoms with Crippen molar-refractivity contribution < 1.29 is 23.9 Å². The Bertz CT molecular complexity index is 3330. The zero-order valence-corrected chi connectivity index (χ0v) is 45.6. The average molecular weight is 1180 g/mol. The largest absolute Gasteiger partial charge is 0.454 e. The molecule has 9 aromatic rings. The Morgan fingerprint density at radius 2 is 0.893 bits per heavy atom. The molecule has 4 heterocycles. The summed E-state index contributed by atoms with van der Waals surface area (Å²) in [7, 11) is 0. The molecule has 3 amide bonds. The van der Waals surface area contributed by atoms with Gasteiger partial charge in [-0.15, -0.1) is 35.3 Å². The second kappa shape index (κ2) is 27.8. The fraction of sp³-hybridized carbons (Fsp3) is 0.0893. The molecule has 1 aliphatic heterocycles. The molecule has 0 spiro atoms. The predicted molar refractivity (Wildman–Crippen MR) is 304 cm³/mol. The number of nitrogens with one attached hydrogen (secondary N) is 3.